The number of nitrogens with zero attached hydrogens (tertiary/aromatic N) is 3. The van der Waals surface area contributed by atoms with Crippen molar-refractivity contribution in [1.82, 2.24) is 20.6 Å². The van der Waals surface area contributed by atoms with Crippen LogP contribution >= 0.6 is 11.6 Å². The summed E-state index contributed by atoms with van der Waals surface area (Å²) in [7, 11) is 1.88. The summed E-state index contributed by atoms with van der Waals surface area (Å²) in [5, 5.41) is 5.63. The second kappa shape index (κ2) is 10.1. The third-order valence-corrected chi connectivity index (χ3v) is 3.65. The Morgan fingerprint density at radius 2 is 1.96 bits per heavy atom. The average molecular weight is 356 g/mol. The van der Waals surface area contributed by atoms with Crippen LogP contribution in [0.25, 0.3) is 0 Å². The molecule has 0 unspecified atom stereocenters. The monoisotopic (exact) mass is 355 g/mol. The molecular formula is C16H26ClN5O2. The highest BCUT2D eigenvalue weighted by atomic mass is 35.5. The maximum atomic E-state index is 12.2. The third-order valence-electron chi connectivity index (χ3n) is 3.37. The summed E-state index contributed by atoms with van der Waals surface area (Å²) in [4.78, 5) is 34.0. The van der Waals surface area contributed by atoms with Crippen molar-refractivity contribution in [2.75, 3.05) is 31.6 Å². The number of hydrogen-bond donors (Lipinski definition) is 2. The minimum Gasteiger partial charge on any atom is -0.354 e. The fourth-order valence-corrected chi connectivity index (χ4v) is 2.02. The Hall–Kier alpha value is -1.89. The Morgan fingerprint density at radius 1 is 1.29 bits per heavy atom. The Kier molecular flexibility index (Phi) is 8.46. The van der Waals surface area contributed by atoms with Crippen LogP contribution in [-0.4, -0.2) is 48.5 Å². The lowest BCUT2D eigenvalue weighted by Crippen LogP contribution is -2.36. The number of unbranched alkanes of at least 4 members (excludes halogenated alkanes) is 1. The maximum Gasteiger partial charge on any atom is 0.271 e. The standard InChI is InChI=1S/C16H26ClN5O2/c1-5-6-9-22(4)16-20-10-12(17)13(21-16)15(24)19-8-7-18-14(23)11(2)3/h10-11H,5-9H2,1-4H3,(H,18,23)(H,19,24). The van der Waals surface area contributed by atoms with Crippen LogP contribution in [0.5, 0.6) is 0 Å². The van der Waals surface area contributed by atoms with Crippen LogP contribution in [0.4, 0.5) is 5.95 Å². The van der Waals surface area contributed by atoms with Crippen molar-refractivity contribution in [2.24, 2.45) is 5.92 Å². The van der Waals surface area contributed by atoms with Crippen LogP contribution < -0.4 is 15.5 Å². The van der Waals surface area contributed by atoms with Gasteiger partial charge in [-0.15, -0.1) is 0 Å². The number of rotatable bonds is 9. The van der Waals surface area contributed by atoms with Crippen LogP contribution in [0.3, 0.4) is 0 Å². The number of aromatic nitrogens is 2. The number of carbonyl (C=O) groups is 2. The minimum atomic E-state index is -0.383. The van der Waals surface area contributed by atoms with Gasteiger partial charge in [-0.25, -0.2) is 9.97 Å². The van der Waals surface area contributed by atoms with E-state index in [4.69, 9.17) is 11.6 Å². The highest BCUT2D eigenvalue weighted by molar-refractivity contribution is 6.33. The van der Waals surface area contributed by atoms with E-state index in [9.17, 15) is 9.59 Å². The first-order valence-electron chi connectivity index (χ1n) is 8.16. The number of carbonyl (C=O) groups excluding carboxylic acids is 2. The molecule has 0 aliphatic rings. The molecule has 0 aliphatic heterocycles. The molecule has 0 aliphatic carbocycles. The van der Waals surface area contributed by atoms with Crippen LogP contribution in [0, 0.1) is 5.92 Å². The summed E-state index contributed by atoms with van der Waals surface area (Å²) in [5.41, 5.74) is 0.139. The summed E-state index contributed by atoms with van der Waals surface area (Å²) >= 11 is 6.03. The normalized spacial score (nSPS) is 10.6. The van der Waals surface area contributed by atoms with Crippen LogP contribution in [0.1, 0.15) is 44.1 Å². The van der Waals surface area contributed by atoms with E-state index in [1.165, 1.54) is 6.20 Å². The van der Waals surface area contributed by atoms with E-state index in [2.05, 4.69) is 27.5 Å². The Balaban J connectivity index is 2.61. The zero-order chi connectivity index (χ0) is 18.1. The predicted molar refractivity (Wildman–Crippen MR) is 95.4 cm³/mol. The lowest BCUT2D eigenvalue weighted by Gasteiger charge is -2.17. The van der Waals surface area contributed by atoms with Crippen LogP contribution in [-0.2, 0) is 4.79 Å². The molecule has 0 atom stereocenters. The molecular weight excluding hydrogens is 330 g/mol. The van der Waals surface area contributed by atoms with Crippen molar-refractivity contribution < 1.29 is 9.59 Å². The first-order chi connectivity index (χ1) is 11.4. The second-order valence-electron chi connectivity index (χ2n) is 5.84. The predicted octanol–water partition coefficient (Wildman–Crippen LogP) is 1.87. The zero-order valence-corrected chi connectivity index (χ0v) is 15.5. The molecule has 0 bridgehead atoms. The number of halogens is 1. The molecule has 0 radical (unpaired) electrons. The van der Waals surface area contributed by atoms with Crippen LogP contribution in [0.15, 0.2) is 6.20 Å². The van der Waals surface area contributed by atoms with Crippen molar-refractivity contribution in [3.63, 3.8) is 0 Å². The SMILES string of the molecule is CCCCN(C)c1ncc(Cl)c(C(=O)NCCNC(=O)C(C)C)n1. The first kappa shape index (κ1) is 20.2. The van der Waals surface area contributed by atoms with Gasteiger partial charge in [0, 0.05) is 32.6 Å². The Labute approximate surface area is 148 Å². The van der Waals surface area contributed by atoms with Crippen molar-refractivity contribution in [1.29, 1.82) is 0 Å². The number of anilines is 1. The maximum absolute atomic E-state index is 12.2. The van der Waals surface area contributed by atoms with E-state index in [1.807, 2.05) is 25.8 Å². The highest BCUT2D eigenvalue weighted by Crippen LogP contribution is 2.16. The van der Waals surface area contributed by atoms with E-state index >= 15 is 0 Å². The number of nitrogens with one attached hydrogen (secondary N) is 2. The molecule has 0 saturated heterocycles. The van der Waals surface area contributed by atoms with Gasteiger partial charge >= 0.3 is 0 Å². The number of hydrogen-bond acceptors (Lipinski definition) is 5. The molecule has 1 aromatic heterocycles. The van der Waals surface area contributed by atoms with Gasteiger partial charge < -0.3 is 15.5 Å². The van der Waals surface area contributed by atoms with Crippen molar-refractivity contribution in [3.05, 3.63) is 16.9 Å². The minimum absolute atomic E-state index is 0.0517. The molecule has 8 heteroatoms. The van der Waals surface area contributed by atoms with Gasteiger partial charge in [-0.05, 0) is 6.42 Å². The molecule has 134 valence electrons. The Bertz CT molecular complexity index is 565. The molecule has 0 fully saturated rings. The summed E-state index contributed by atoms with van der Waals surface area (Å²) in [6, 6.07) is 0. The quantitative estimate of drug-likeness (QED) is 0.660. The van der Waals surface area contributed by atoms with Gasteiger partial charge in [-0.3, -0.25) is 9.59 Å². The van der Waals surface area contributed by atoms with Crippen LogP contribution in [0.2, 0.25) is 5.02 Å². The second-order valence-corrected chi connectivity index (χ2v) is 6.25. The molecule has 0 saturated carbocycles. The summed E-state index contributed by atoms with van der Waals surface area (Å²) in [6.07, 6.45) is 3.51. The highest BCUT2D eigenvalue weighted by Gasteiger charge is 2.15. The van der Waals surface area contributed by atoms with Gasteiger partial charge in [-0.2, -0.15) is 0 Å². The molecule has 2 amide bonds. The Morgan fingerprint density at radius 3 is 2.58 bits per heavy atom. The summed E-state index contributed by atoms with van der Waals surface area (Å²) in [6.45, 7) is 7.19. The van der Waals surface area contributed by atoms with Gasteiger partial charge in [0.25, 0.3) is 5.91 Å². The third kappa shape index (κ3) is 6.31. The van der Waals surface area contributed by atoms with E-state index in [-0.39, 0.29) is 28.4 Å². The summed E-state index contributed by atoms with van der Waals surface area (Å²) < 4.78 is 0. The topological polar surface area (TPSA) is 87.2 Å². The van der Waals surface area contributed by atoms with Gasteiger partial charge in [0.2, 0.25) is 11.9 Å². The first-order valence-corrected chi connectivity index (χ1v) is 8.54. The van der Waals surface area contributed by atoms with Gasteiger partial charge in [0.05, 0.1) is 11.2 Å². The molecule has 7 nitrogen and oxygen atoms in total. The lowest BCUT2D eigenvalue weighted by molar-refractivity contribution is -0.123. The summed E-state index contributed by atoms with van der Waals surface area (Å²) in [5.74, 6) is -0.0557. The average Bonchev–Trinajstić information content (AvgIpc) is 2.56. The molecule has 24 heavy (non-hydrogen) atoms. The molecule has 0 spiro atoms. The van der Waals surface area contributed by atoms with E-state index in [1.54, 1.807) is 0 Å². The lowest BCUT2D eigenvalue weighted by atomic mass is 10.2. The largest absolute Gasteiger partial charge is 0.354 e. The van der Waals surface area contributed by atoms with Crippen molar-refractivity contribution >= 4 is 29.4 Å². The fraction of sp³-hybridized carbons (Fsp3) is 0.625. The molecule has 1 rings (SSSR count). The van der Waals surface area contributed by atoms with Crippen molar-refractivity contribution in [2.45, 2.75) is 33.6 Å². The van der Waals surface area contributed by atoms with E-state index in [0.29, 0.717) is 19.0 Å². The number of amides is 2. The fourth-order valence-electron chi connectivity index (χ4n) is 1.85. The van der Waals surface area contributed by atoms with E-state index in [0.717, 1.165) is 19.4 Å². The van der Waals surface area contributed by atoms with E-state index < -0.39 is 0 Å². The van der Waals surface area contributed by atoms with Gasteiger partial charge in [0.1, 0.15) is 0 Å². The molecule has 0 aromatic carbocycles. The zero-order valence-electron chi connectivity index (χ0n) is 14.7. The van der Waals surface area contributed by atoms with Crippen molar-refractivity contribution in [3.8, 4) is 0 Å². The van der Waals surface area contributed by atoms with Gasteiger partial charge in [0.15, 0.2) is 5.69 Å². The molecule has 1 heterocycles. The smallest absolute Gasteiger partial charge is 0.271 e. The van der Waals surface area contributed by atoms with Gasteiger partial charge in [-0.1, -0.05) is 38.8 Å². The molecule has 1 aromatic rings. The molecule has 2 N–H and O–H groups in total.